The average molecular weight is 485 g/mol. The Labute approximate surface area is 213 Å². The van der Waals surface area contributed by atoms with Crippen molar-refractivity contribution < 1.29 is 4.79 Å². The summed E-state index contributed by atoms with van der Waals surface area (Å²) in [6, 6.07) is 13.9. The number of hydrogen-bond acceptors (Lipinski definition) is 4. The molecule has 4 rings (SSSR count). The van der Waals surface area contributed by atoms with E-state index in [4.69, 9.17) is 5.73 Å². The van der Waals surface area contributed by atoms with Crippen LogP contribution in [0.3, 0.4) is 0 Å². The van der Waals surface area contributed by atoms with Crippen molar-refractivity contribution in [2.75, 3.05) is 13.1 Å². The molecule has 1 amide bonds. The summed E-state index contributed by atoms with van der Waals surface area (Å²) >= 11 is 0. The van der Waals surface area contributed by atoms with Crippen LogP contribution in [0.2, 0.25) is 0 Å². The van der Waals surface area contributed by atoms with Crippen molar-refractivity contribution in [2.24, 2.45) is 10.7 Å². The van der Waals surface area contributed by atoms with Crippen LogP contribution in [-0.4, -0.2) is 34.3 Å². The van der Waals surface area contributed by atoms with Crippen molar-refractivity contribution in [2.45, 2.75) is 59.4 Å². The molecule has 0 aliphatic carbocycles. The van der Waals surface area contributed by atoms with E-state index in [9.17, 15) is 9.59 Å². The Morgan fingerprint density at radius 1 is 1.03 bits per heavy atom. The molecule has 6 nitrogen and oxygen atoms in total. The Bertz CT molecular complexity index is 1420. The first-order valence-corrected chi connectivity index (χ1v) is 12.8. The highest BCUT2D eigenvalue weighted by atomic mass is 16.2. The van der Waals surface area contributed by atoms with E-state index >= 15 is 0 Å². The maximum absolute atomic E-state index is 13.2. The minimum absolute atomic E-state index is 0.00776. The van der Waals surface area contributed by atoms with Gasteiger partial charge in [-0.1, -0.05) is 32.0 Å². The molecule has 2 N–H and O–H groups in total. The number of aromatic nitrogens is 1. The van der Waals surface area contributed by atoms with Gasteiger partial charge >= 0.3 is 0 Å². The molecule has 188 valence electrons. The van der Waals surface area contributed by atoms with E-state index in [-0.39, 0.29) is 17.0 Å². The lowest BCUT2D eigenvalue weighted by atomic mass is 9.98. The fourth-order valence-corrected chi connectivity index (χ4v) is 4.72. The number of amidine groups is 1. The highest BCUT2D eigenvalue weighted by Gasteiger charge is 2.21. The molecule has 0 saturated carbocycles. The standard InChI is InChI=1S/C30H36N4O2/c1-6-13-33(14-7-2)28(35)24-17-23-9-8-21(18-26(23)32-27(31)19-24)20-10-11-25-22(16-20)12-15-34(29(25)36)30(3,4)5/h8-12,15-18H,6-7,13-14,19H2,1-5H3,(H2,31,32). The number of rotatable bonds is 6. The van der Waals surface area contributed by atoms with Crippen molar-refractivity contribution in [1.29, 1.82) is 0 Å². The van der Waals surface area contributed by atoms with Gasteiger partial charge in [0, 0.05) is 47.8 Å². The van der Waals surface area contributed by atoms with Gasteiger partial charge in [0.1, 0.15) is 5.84 Å². The summed E-state index contributed by atoms with van der Waals surface area (Å²) in [5.41, 5.74) is 10.3. The van der Waals surface area contributed by atoms with E-state index in [1.54, 1.807) is 4.57 Å². The zero-order valence-electron chi connectivity index (χ0n) is 22.0. The molecule has 0 unspecified atom stereocenters. The van der Waals surface area contributed by atoms with Crippen molar-refractivity contribution in [1.82, 2.24) is 9.47 Å². The van der Waals surface area contributed by atoms with Gasteiger partial charge in [-0.05, 0) is 80.5 Å². The van der Waals surface area contributed by atoms with E-state index in [1.165, 1.54) is 0 Å². The van der Waals surface area contributed by atoms with Gasteiger partial charge in [-0.2, -0.15) is 0 Å². The number of hydrogen-bond donors (Lipinski definition) is 1. The summed E-state index contributed by atoms with van der Waals surface area (Å²) < 4.78 is 1.77. The van der Waals surface area contributed by atoms with Gasteiger partial charge in [-0.25, -0.2) is 4.99 Å². The number of amides is 1. The summed E-state index contributed by atoms with van der Waals surface area (Å²) in [7, 11) is 0. The monoisotopic (exact) mass is 484 g/mol. The second-order valence-corrected chi connectivity index (χ2v) is 10.5. The molecule has 0 saturated heterocycles. The van der Waals surface area contributed by atoms with Crippen LogP contribution in [0.25, 0.3) is 28.0 Å². The fraction of sp³-hybridized carbons (Fsp3) is 0.367. The summed E-state index contributed by atoms with van der Waals surface area (Å²) in [5, 5.41) is 1.60. The first-order valence-electron chi connectivity index (χ1n) is 12.8. The molecule has 3 aromatic rings. The summed E-state index contributed by atoms with van der Waals surface area (Å²) in [6.45, 7) is 11.7. The van der Waals surface area contributed by atoms with Gasteiger partial charge < -0.3 is 15.2 Å². The number of pyridine rings is 1. The van der Waals surface area contributed by atoms with Gasteiger partial charge in [0.25, 0.3) is 5.56 Å². The third-order valence-electron chi connectivity index (χ3n) is 6.50. The van der Waals surface area contributed by atoms with Crippen LogP contribution in [0.15, 0.2) is 64.0 Å². The maximum Gasteiger partial charge on any atom is 0.258 e. The minimum atomic E-state index is -0.281. The fourth-order valence-electron chi connectivity index (χ4n) is 4.72. The Morgan fingerprint density at radius 2 is 1.69 bits per heavy atom. The number of carbonyl (C=O) groups excluding carboxylic acids is 1. The van der Waals surface area contributed by atoms with Crippen LogP contribution in [0.1, 0.15) is 59.4 Å². The van der Waals surface area contributed by atoms with Crippen molar-refractivity contribution in [3.8, 4) is 11.1 Å². The lowest BCUT2D eigenvalue weighted by Gasteiger charge is -2.22. The van der Waals surface area contributed by atoms with Gasteiger partial charge in [-0.15, -0.1) is 0 Å². The Balaban J connectivity index is 1.72. The van der Waals surface area contributed by atoms with Crippen molar-refractivity contribution in [3.63, 3.8) is 0 Å². The van der Waals surface area contributed by atoms with Crippen molar-refractivity contribution >= 4 is 34.3 Å². The minimum Gasteiger partial charge on any atom is -0.387 e. The van der Waals surface area contributed by atoms with Crippen LogP contribution in [-0.2, 0) is 10.3 Å². The zero-order chi connectivity index (χ0) is 26.0. The maximum atomic E-state index is 13.2. The molecule has 2 heterocycles. The van der Waals surface area contributed by atoms with E-state index in [2.05, 4.69) is 18.8 Å². The van der Waals surface area contributed by atoms with E-state index in [0.717, 1.165) is 53.7 Å². The molecule has 0 spiro atoms. The third kappa shape index (κ3) is 5.13. The number of nitrogens with two attached hydrogens (primary N) is 1. The molecule has 1 aromatic heterocycles. The average Bonchev–Trinajstić information content (AvgIpc) is 3.00. The highest BCUT2D eigenvalue weighted by molar-refractivity contribution is 6.05. The molecular weight excluding hydrogens is 448 g/mol. The van der Waals surface area contributed by atoms with E-state index < -0.39 is 0 Å². The largest absolute Gasteiger partial charge is 0.387 e. The molecule has 36 heavy (non-hydrogen) atoms. The van der Waals surface area contributed by atoms with Crippen LogP contribution >= 0.6 is 0 Å². The van der Waals surface area contributed by atoms with E-state index in [0.29, 0.717) is 23.2 Å². The molecule has 0 atom stereocenters. The Morgan fingerprint density at radius 3 is 2.36 bits per heavy atom. The van der Waals surface area contributed by atoms with Gasteiger partial charge in [0.2, 0.25) is 5.91 Å². The zero-order valence-corrected chi connectivity index (χ0v) is 22.0. The highest BCUT2D eigenvalue weighted by Crippen LogP contribution is 2.33. The molecule has 1 aliphatic rings. The molecule has 1 aliphatic heterocycles. The van der Waals surface area contributed by atoms with Crippen LogP contribution in [0, 0.1) is 0 Å². The first-order chi connectivity index (χ1) is 17.1. The Kier molecular flexibility index (Phi) is 7.16. The predicted molar refractivity (Wildman–Crippen MR) is 150 cm³/mol. The summed E-state index contributed by atoms with van der Waals surface area (Å²) in [4.78, 5) is 32.8. The molecule has 0 fully saturated rings. The molecule has 2 aromatic carbocycles. The summed E-state index contributed by atoms with van der Waals surface area (Å²) in [5.74, 6) is 0.462. The predicted octanol–water partition coefficient (Wildman–Crippen LogP) is 5.85. The molecule has 0 bridgehead atoms. The number of nitrogens with zero attached hydrogens (tertiary/aromatic N) is 3. The number of carbonyl (C=O) groups is 1. The van der Waals surface area contributed by atoms with E-state index in [1.807, 2.05) is 80.4 Å². The van der Waals surface area contributed by atoms with Gasteiger partial charge in [-0.3, -0.25) is 9.59 Å². The second kappa shape index (κ2) is 10.1. The van der Waals surface area contributed by atoms with Gasteiger partial charge in [0.15, 0.2) is 0 Å². The summed E-state index contributed by atoms with van der Waals surface area (Å²) in [6.07, 6.45) is 5.96. The third-order valence-corrected chi connectivity index (χ3v) is 6.50. The normalized spacial score (nSPS) is 13.6. The quantitative estimate of drug-likeness (QED) is 0.477. The van der Waals surface area contributed by atoms with Crippen LogP contribution in [0.5, 0.6) is 0 Å². The van der Waals surface area contributed by atoms with Crippen LogP contribution in [0.4, 0.5) is 5.69 Å². The number of fused-ring (bicyclic) bond motifs is 2. The van der Waals surface area contributed by atoms with Crippen molar-refractivity contribution in [3.05, 3.63) is 70.2 Å². The second-order valence-electron chi connectivity index (χ2n) is 10.5. The van der Waals surface area contributed by atoms with Crippen LogP contribution < -0.4 is 11.3 Å². The lowest BCUT2D eigenvalue weighted by molar-refractivity contribution is -0.127. The Hall–Kier alpha value is -3.67. The SMILES string of the molecule is CCCN(CCC)C(=O)C1=Cc2ccc(-c3ccc4c(=O)n(C(C)(C)C)ccc4c3)cc2N=C(N)C1. The first kappa shape index (κ1) is 25.4. The lowest BCUT2D eigenvalue weighted by Crippen LogP contribution is -2.34. The topological polar surface area (TPSA) is 80.7 Å². The number of aliphatic imine (C=N–C) groups is 1. The molecular formula is C30H36N4O2. The molecule has 0 radical (unpaired) electrons. The van der Waals surface area contributed by atoms with Gasteiger partial charge in [0.05, 0.1) is 5.69 Å². The molecule has 6 heteroatoms. The number of benzene rings is 2. The smallest absolute Gasteiger partial charge is 0.258 e.